The molecule has 3 rings (SSSR count). The summed E-state index contributed by atoms with van der Waals surface area (Å²) in [5.74, 6) is 0.597. The van der Waals surface area contributed by atoms with E-state index in [0.29, 0.717) is 10.7 Å². The Labute approximate surface area is 146 Å². The third-order valence-electron chi connectivity index (χ3n) is 3.20. The Balaban J connectivity index is 1.76. The minimum atomic E-state index is -0.177. The summed E-state index contributed by atoms with van der Waals surface area (Å²) in [6.07, 6.45) is 0. The van der Waals surface area contributed by atoms with Gasteiger partial charge in [0.05, 0.1) is 12.8 Å². The number of methoxy groups -OCH3 is 1. The monoisotopic (exact) mass is 388 g/mol. The smallest absolute Gasteiger partial charge is 0.257 e. The van der Waals surface area contributed by atoms with Crippen molar-refractivity contribution in [1.29, 1.82) is 0 Å². The van der Waals surface area contributed by atoms with Crippen LogP contribution in [-0.4, -0.2) is 18.0 Å². The maximum absolute atomic E-state index is 12.2. The number of ether oxygens (including phenoxy) is 1. The van der Waals surface area contributed by atoms with Crippen LogP contribution in [0, 0.1) is 0 Å². The van der Waals surface area contributed by atoms with E-state index in [1.54, 1.807) is 19.2 Å². The molecule has 0 bridgehead atoms. The van der Waals surface area contributed by atoms with Crippen molar-refractivity contribution in [2.75, 3.05) is 12.4 Å². The van der Waals surface area contributed by atoms with Crippen LogP contribution >= 0.6 is 27.3 Å². The van der Waals surface area contributed by atoms with Crippen LogP contribution < -0.4 is 10.1 Å². The summed E-state index contributed by atoms with van der Waals surface area (Å²) < 4.78 is 6.15. The van der Waals surface area contributed by atoms with Gasteiger partial charge >= 0.3 is 0 Å². The molecule has 0 aliphatic carbocycles. The van der Waals surface area contributed by atoms with E-state index in [-0.39, 0.29) is 5.91 Å². The fourth-order valence-corrected chi connectivity index (χ4v) is 3.00. The lowest BCUT2D eigenvalue weighted by Crippen LogP contribution is -2.11. The Hall–Kier alpha value is -2.18. The first-order valence-corrected chi connectivity index (χ1v) is 8.50. The van der Waals surface area contributed by atoms with E-state index in [1.165, 1.54) is 11.3 Å². The fourth-order valence-electron chi connectivity index (χ4n) is 2.02. The largest absolute Gasteiger partial charge is 0.497 e. The number of rotatable bonds is 4. The van der Waals surface area contributed by atoms with Gasteiger partial charge in [-0.1, -0.05) is 28.1 Å². The number of hydrogen-bond acceptors (Lipinski definition) is 4. The zero-order valence-electron chi connectivity index (χ0n) is 12.2. The highest BCUT2D eigenvalue weighted by Gasteiger charge is 2.10. The van der Waals surface area contributed by atoms with E-state index < -0.39 is 0 Å². The number of aromatic nitrogens is 1. The van der Waals surface area contributed by atoms with Crippen molar-refractivity contribution in [3.63, 3.8) is 0 Å². The Morgan fingerprint density at radius 3 is 2.74 bits per heavy atom. The number of carbonyl (C=O) groups excluding carboxylic acids is 1. The van der Waals surface area contributed by atoms with E-state index in [9.17, 15) is 4.79 Å². The zero-order chi connectivity index (χ0) is 16.2. The van der Waals surface area contributed by atoms with Gasteiger partial charge in [0.25, 0.3) is 5.91 Å². The summed E-state index contributed by atoms with van der Waals surface area (Å²) >= 11 is 4.74. The SMILES string of the molecule is COc1cccc(-c2csc(NC(=O)c3ccc(Br)cc3)n2)c1. The summed E-state index contributed by atoms with van der Waals surface area (Å²) in [5, 5.41) is 5.29. The van der Waals surface area contributed by atoms with Gasteiger partial charge in [0, 0.05) is 21.0 Å². The highest BCUT2D eigenvalue weighted by molar-refractivity contribution is 9.10. The van der Waals surface area contributed by atoms with Gasteiger partial charge in [-0.25, -0.2) is 4.98 Å². The van der Waals surface area contributed by atoms with Crippen molar-refractivity contribution in [2.24, 2.45) is 0 Å². The topological polar surface area (TPSA) is 51.2 Å². The maximum atomic E-state index is 12.2. The van der Waals surface area contributed by atoms with E-state index in [4.69, 9.17) is 4.74 Å². The molecule has 23 heavy (non-hydrogen) atoms. The number of halogens is 1. The summed E-state index contributed by atoms with van der Waals surface area (Å²) in [5.41, 5.74) is 2.34. The van der Waals surface area contributed by atoms with Gasteiger partial charge in [0.15, 0.2) is 5.13 Å². The molecule has 1 heterocycles. The van der Waals surface area contributed by atoms with Gasteiger partial charge in [-0.15, -0.1) is 11.3 Å². The number of nitrogens with one attached hydrogen (secondary N) is 1. The zero-order valence-corrected chi connectivity index (χ0v) is 14.6. The first-order chi connectivity index (χ1) is 11.2. The molecule has 0 unspecified atom stereocenters. The second kappa shape index (κ2) is 6.93. The molecular weight excluding hydrogens is 376 g/mol. The molecule has 0 saturated heterocycles. The third-order valence-corrected chi connectivity index (χ3v) is 4.48. The molecule has 3 aromatic rings. The van der Waals surface area contributed by atoms with E-state index in [2.05, 4.69) is 26.2 Å². The van der Waals surface area contributed by atoms with Crippen LogP contribution in [0.15, 0.2) is 58.4 Å². The summed E-state index contributed by atoms with van der Waals surface area (Å²) in [6.45, 7) is 0. The number of carbonyl (C=O) groups is 1. The molecule has 0 saturated carbocycles. The highest BCUT2D eigenvalue weighted by Crippen LogP contribution is 2.27. The molecule has 1 N–H and O–H groups in total. The summed E-state index contributed by atoms with van der Waals surface area (Å²) in [7, 11) is 1.63. The first-order valence-electron chi connectivity index (χ1n) is 6.82. The number of thiazole rings is 1. The van der Waals surface area contributed by atoms with Crippen LogP contribution in [0.1, 0.15) is 10.4 Å². The molecule has 0 aliphatic rings. The Morgan fingerprint density at radius 1 is 1.22 bits per heavy atom. The van der Waals surface area contributed by atoms with Crippen molar-refractivity contribution in [3.05, 3.63) is 63.9 Å². The minimum absolute atomic E-state index is 0.177. The molecule has 1 amide bonds. The van der Waals surface area contributed by atoms with Crippen LogP contribution in [0.5, 0.6) is 5.75 Å². The number of amides is 1. The van der Waals surface area contributed by atoms with Crippen molar-refractivity contribution in [3.8, 4) is 17.0 Å². The predicted molar refractivity (Wildman–Crippen MR) is 96.2 cm³/mol. The molecule has 116 valence electrons. The average Bonchev–Trinajstić information content (AvgIpc) is 3.04. The van der Waals surface area contributed by atoms with Gasteiger partial charge in [0.2, 0.25) is 0 Å². The molecular formula is C17H13BrN2O2S. The van der Waals surface area contributed by atoms with Gasteiger partial charge in [-0.3, -0.25) is 10.1 Å². The fraction of sp³-hybridized carbons (Fsp3) is 0.0588. The van der Waals surface area contributed by atoms with Crippen LogP contribution in [0.4, 0.5) is 5.13 Å². The molecule has 0 spiro atoms. The van der Waals surface area contributed by atoms with Gasteiger partial charge in [0.1, 0.15) is 5.75 Å². The van der Waals surface area contributed by atoms with Crippen molar-refractivity contribution < 1.29 is 9.53 Å². The first kappa shape index (κ1) is 15.7. The molecule has 6 heteroatoms. The lowest BCUT2D eigenvalue weighted by molar-refractivity contribution is 0.102. The van der Waals surface area contributed by atoms with E-state index in [1.807, 2.05) is 41.8 Å². The number of anilines is 1. The van der Waals surface area contributed by atoms with Crippen LogP contribution in [-0.2, 0) is 0 Å². The van der Waals surface area contributed by atoms with Crippen LogP contribution in [0.3, 0.4) is 0 Å². The Kier molecular flexibility index (Phi) is 4.73. The van der Waals surface area contributed by atoms with Crippen LogP contribution in [0.2, 0.25) is 0 Å². The van der Waals surface area contributed by atoms with Gasteiger partial charge < -0.3 is 4.74 Å². The highest BCUT2D eigenvalue weighted by atomic mass is 79.9. The lowest BCUT2D eigenvalue weighted by atomic mass is 10.2. The number of nitrogens with zero attached hydrogens (tertiary/aromatic N) is 1. The molecule has 0 aliphatic heterocycles. The molecule has 0 fully saturated rings. The van der Waals surface area contributed by atoms with Crippen molar-refractivity contribution in [2.45, 2.75) is 0 Å². The average molecular weight is 389 g/mol. The Bertz CT molecular complexity index is 831. The number of hydrogen-bond donors (Lipinski definition) is 1. The van der Waals surface area contributed by atoms with Gasteiger partial charge in [-0.2, -0.15) is 0 Å². The Morgan fingerprint density at radius 2 is 2.00 bits per heavy atom. The summed E-state index contributed by atoms with van der Waals surface area (Å²) in [4.78, 5) is 16.7. The van der Waals surface area contributed by atoms with Gasteiger partial charge in [-0.05, 0) is 36.4 Å². The molecule has 1 aromatic heterocycles. The quantitative estimate of drug-likeness (QED) is 0.695. The second-order valence-corrected chi connectivity index (χ2v) is 6.50. The molecule has 0 atom stereocenters. The van der Waals surface area contributed by atoms with E-state index in [0.717, 1.165) is 21.5 Å². The molecule has 2 aromatic carbocycles. The van der Waals surface area contributed by atoms with Crippen molar-refractivity contribution in [1.82, 2.24) is 4.98 Å². The normalized spacial score (nSPS) is 10.3. The van der Waals surface area contributed by atoms with E-state index >= 15 is 0 Å². The standard InChI is InChI=1S/C17H13BrN2O2S/c1-22-14-4-2-3-12(9-14)15-10-23-17(19-15)20-16(21)11-5-7-13(18)8-6-11/h2-10H,1H3,(H,19,20,21). The van der Waals surface area contributed by atoms with Crippen LogP contribution in [0.25, 0.3) is 11.3 Å². The lowest BCUT2D eigenvalue weighted by Gasteiger charge is -2.02. The minimum Gasteiger partial charge on any atom is -0.497 e. The molecule has 0 radical (unpaired) electrons. The van der Waals surface area contributed by atoms with Crippen molar-refractivity contribution >= 4 is 38.3 Å². The predicted octanol–water partition coefficient (Wildman–Crippen LogP) is 4.83. The third kappa shape index (κ3) is 3.78. The molecule has 4 nitrogen and oxygen atoms in total. The number of benzene rings is 2. The second-order valence-electron chi connectivity index (χ2n) is 4.73. The summed E-state index contributed by atoms with van der Waals surface area (Å²) in [6, 6.07) is 14.8. The maximum Gasteiger partial charge on any atom is 0.257 e.